The normalized spacial score (nSPS) is 17.2. The van der Waals surface area contributed by atoms with E-state index < -0.39 is 5.97 Å². The van der Waals surface area contributed by atoms with E-state index in [4.69, 9.17) is 27.9 Å². The summed E-state index contributed by atoms with van der Waals surface area (Å²) in [6.45, 7) is 2.32. The van der Waals surface area contributed by atoms with Gasteiger partial charge in [-0.25, -0.2) is 4.79 Å². The van der Waals surface area contributed by atoms with E-state index in [1.54, 1.807) is 30.3 Å². The molecule has 5 nitrogen and oxygen atoms in total. The Bertz CT molecular complexity index is 872. The number of piperidine rings is 1. The molecule has 1 amide bonds. The number of rotatable bonds is 5. The van der Waals surface area contributed by atoms with Crippen molar-refractivity contribution in [2.24, 2.45) is 5.92 Å². The quantitative estimate of drug-likeness (QED) is 0.716. The van der Waals surface area contributed by atoms with Crippen LogP contribution in [0.1, 0.15) is 28.8 Å². The van der Waals surface area contributed by atoms with Crippen LogP contribution in [0.5, 0.6) is 0 Å². The van der Waals surface area contributed by atoms with Crippen molar-refractivity contribution in [3.8, 4) is 0 Å². The minimum absolute atomic E-state index is 0.0409. The number of nitrogens with one attached hydrogen (secondary N) is 1. The van der Waals surface area contributed by atoms with Crippen molar-refractivity contribution < 1.29 is 14.3 Å². The van der Waals surface area contributed by atoms with Crippen molar-refractivity contribution in [2.45, 2.75) is 19.4 Å². The number of ether oxygens (including phenoxy) is 1. The maximum atomic E-state index is 12.7. The standard InChI is InChI=1S/C21H22Cl2N2O3/c1-28-21(27)15-4-2-6-17(11-15)24-20(26)16-5-3-9-25(13-16)12-14-7-8-18(22)19(23)10-14/h2,4,6-8,10-11,16H,3,5,9,12-13H2,1H3,(H,24,26). The zero-order valence-electron chi connectivity index (χ0n) is 15.6. The molecule has 1 saturated heterocycles. The Kier molecular flexibility index (Phi) is 6.94. The molecule has 0 saturated carbocycles. The number of anilines is 1. The predicted octanol–water partition coefficient (Wildman–Crippen LogP) is 4.63. The molecule has 1 unspecified atom stereocenters. The molecule has 0 radical (unpaired) electrons. The summed E-state index contributed by atoms with van der Waals surface area (Å²) >= 11 is 12.1. The van der Waals surface area contributed by atoms with Crippen LogP contribution in [0, 0.1) is 5.92 Å². The lowest BCUT2D eigenvalue weighted by Gasteiger charge is -2.32. The lowest BCUT2D eigenvalue weighted by Crippen LogP contribution is -2.40. The number of methoxy groups -OCH3 is 1. The Morgan fingerprint density at radius 3 is 2.75 bits per heavy atom. The van der Waals surface area contributed by atoms with E-state index in [0.29, 0.717) is 27.8 Å². The minimum Gasteiger partial charge on any atom is -0.465 e. The van der Waals surface area contributed by atoms with Crippen LogP contribution in [0.3, 0.4) is 0 Å². The van der Waals surface area contributed by atoms with E-state index in [-0.39, 0.29) is 11.8 Å². The fraction of sp³-hybridized carbons (Fsp3) is 0.333. The largest absolute Gasteiger partial charge is 0.465 e. The van der Waals surface area contributed by atoms with Gasteiger partial charge in [0.1, 0.15) is 0 Å². The molecule has 1 heterocycles. The lowest BCUT2D eigenvalue weighted by molar-refractivity contribution is -0.121. The van der Waals surface area contributed by atoms with E-state index in [0.717, 1.165) is 31.5 Å². The van der Waals surface area contributed by atoms with Crippen LogP contribution in [0.2, 0.25) is 10.0 Å². The third kappa shape index (κ3) is 5.25. The summed E-state index contributed by atoms with van der Waals surface area (Å²) in [4.78, 5) is 26.6. The first-order valence-electron chi connectivity index (χ1n) is 9.12. The van der Waals surface area contributed by atoms with Gasteiger partial charge in [-0.2, -0.15) is 0 Å². The molecule has 2 aromatic carbocycles. The van der Waals surface area contributed by atoms with Gasteiger partial charge in [0.15, 0.2) is 0 Å². The fourth-order valence-electron chi connectivity index (χ4n) is 3.40. The van der Waals surface area contributed by atoms with Gasteiger partial charge in [0.25, 0.3) is 0 Å². The SMILES string of the molecule is COC(=O)c1cccc(NC(=O)C2CCCN(Cc3ccc(Cl)c(Cl)c3)C2)c1. The number of likely N-dealkylation sites (tertiary alicyclic amines) is 1. The number of carbonyl (C=O) groups excluding carboxylic acids is 2. The highest BCUT2D eigenvalue weighted by molar-refractivity contribution is 6.42. The van der Waals surface area contributed by atoms with Gasteiger partial charge < -0.3 is 10.1 Å². The molecular formula is C21H22Cl2N2O3. The minimum atomic E-state index is -0.429. The highest BCUT2D eigenvalue weighted by Crippen LogP contribution is 2.25. The topological polar surface area (TPSA) is 58.6 Å². The van der Waals surface area contributed by atoms with E-state index in [1.165, 1.54) is 7.11 Å². The number of amides is 1. The summed E-state index contributed by atoms with van der Waals surface area (Å²) < 4.78 is 4.72. The van der Waals surface area contributed by atoms with Gasteiger partial charge in [-0.15, -0.1) is 0 Å². The third-order valence-corrected chi connectivity index (χ3v) is 5.56. The van der Waals surface area contributed by atoms with Crippen LogP contribution in [-0.2, 0) is 16.1 Å². The van der Waals surface area contributed by atoms with Gasteiger partial charge in [-0.3, -0.25) is 9.69 Å². The van der Waals surface area contributed by atoms with Crippen molar-refractivity contribution in [2.75, 3.05) is 25.5 Å². The van der Waals surface area contributed by atoms with E-state index in [2.05, 4.69) is 10.2 Å². The second kappa shape index (κ2) is 9.41. The molecule has 3 rings (SSSR count). The monoisotopic (exact) mass is 420 g/mol. The Morgan fingerprint density at radius 2 is 2.00 bits per heavy atom. The Balaban J connectivity index is 1.61. The number of hydrogen-bond acceptors (Lipinski definition) is 4. The molecule has 7 heteroatoms. The second-order valence-corrected chi connectivity index (χ2v) is 7.70. The van der Waals surface area contributed by atoms with Crippen LogP contribution in [0.4, 0.5) is 5.69 Å². The first kappa shape index (κ1) is 20.6. The van der Waals surface area contributed by atoms with Crippen molar-refractivity contribution in [1.82, 2.24) is 4.90 Å². The Morgan fingerprint density at radius 1 is 1.18 bits per heavy atom. The van der Waals surface area contributed by atoms with Gasteiger partial charge in [0, 0.05) is 18.8 Å². The maximum Gasteiger partial charge on any atom is 0.337 e. The summed E-state index contributed by atoms with van der Waals surface area (Å²) in [5.41, 5.74) is 2.07. The molecule has 1 fully saturated rings. The number of halogens is 2. The number of carbonyl (C=O) groups is 2. The first-order valence-corrected chi connectivity index (χ1v) is 9.87. The maximum absolute atomic E-state index is 12.7. The highest BCUT2D eigenvalue weighted by atomic mass is 35.5. The summed E-state index contributed by atoms with van der Waals surface area (Å²) in [5, 5.41) is 4.00. The third-order valence-electron chi connectivity index (χ3n) is 4.82. The van der Waals surface area contributed by atoms with Crippen LogP contribution >= 0.6 is 23.2 Å². The zero-order chi connectivity index (χ0) is 20.1. The smallest absolute Gasteiger partial charge is 0.337 e. The molecule has 0 aliphatic carbocycles. The van der Waals surface area contributed by atoms with E-state index in [9.17, 15) is 9.59 Å². The molecule has 1 N–H and O–H groups in total. The summed E-state index contributed by atoms with van der Waals surface area (Å²) in [7, 11) is 1.33. The Labute approximate surface area is 174 Å². The zero-order valence-corrected chi connectivity index (χ0v) is 17.1. The van der Waals surface area contributed by atoms with Gasteiger partial charge >= 0.3 is 5.97 Å². The second-order valence-electron chi connectivity index (χ2n) is 6.88. The summed E-state index contributed by atoms with van der Waals surface area (Å²) in [6, 6.07) is 12.4. The summed E-state index contributed by atoms with van der Waals surface area (Å²) in [6.07, 6.45) is 1.78. The lowest BCUT2D eigenvalue weighted by atomic mass is 9.96. The highest BCUT2D eigenvalue weighted by Gasteiger charge is 2.26. The van der Waals surface area contributed by atoms with Crippen molar-refractivity contribution in [3.05, 3.63) is 63.6 Å². The number of nitrogens with zero attached hydrogens (tertiary/aromatic N) is 1. The molecule has 148 valence electrons. The molecule has 2 aromatic rings. The number of benzene rings is 2. The molecule has 0 spiro atoms. The summed E-state index contributed by atoms with van der Waals surface area (Å²) in [5.74, 6) is -0.583. The van der Waals surface area contributed by atoms with Gasteiger partial charge in [0.2, 0.25) is 5.91 Å². The van der Waals surface area contributed by atoms with Crippen molar-refractivity contribution in [1.29, 1.82) is 0 Å². The molecule has 1 aliphatic rings. The molecule has 0 aromatic heterocycles. The molecule has 0 bridgehead atoms. The number of esters is 1. The average Bonchev–Trinajstić information content (AvgIpc) is 2.70. The average molecular weight is 421 g/mol. The van der Waals surface area contributed by atoms with Gasteiger partial charge in [-0.05, 0) is 55.3 Å². The van der Waals surface area contributed by atoms with E-state index in [1.807, 2.05) is 12.1 Å². The van der Waals surface area contributed by atoms with Crippen LogP contribution < -0.4 is 5.32 Å². The van der Waals surface area contributed by atoms with Crippen LogP contribution in [0.25, 0.3) is 0 Å². The molecule has 28 heavy (non-hydrogen) atoms. The molecule has 1 atom stereocenters. The molecule has 1 aliphatic heterocycles. The van der Waals surface area contributed by atoms with Crippen molar-refractivity contribution >= 4 is 40.8 Å². The van der Waals surface area contributed by atoms with E-state index >= 15 is 0 Å². The fourth-order valence-corrected chi connectivity index (χ4v) is 3.72. The van der Waals surface area contributed by atoms with Crippen LogP contribution in [0.15, 0.2) is 42.5 Å². The first-order chi connectivity index (χ1) is 13.5. The van der Waals surface area contributed by atoms with Gasteiger partial charge in [-0.1, -0.05) is 35.3 Å². The molecular weight excluding hydrogens is 399 g/mol. The Hall–Kier alpha value is -2.08. The van der Waals surface area contributed by atoms with Crippen molar-refractivity contribution in [3.63, 3.8) is 0 Å². The predicted molar refractivity (Wildman–Crippen MR) is 111 cm³/mol. The van der Waals surface area contributed by atoms with Crippen LogP contribution in [-0.4, -0.2) is 37.0 Å². The number of hydrogen-bond donors (Lipinski definition) is 1. The van der Waals surface area contributed by atoms with Gasteiger partial charge in [0.05, 0.1) is 28.6 Å².